The van der Waals surface area contributed by atoms with E-state index in [4.69, 9.17) is 9.72 Å². The highest BCUT2D eigenvalue weighted by Gasteiger charge is 2.34. The average Bonchev–Trinajstić information content (AvgIpc) is 3.96. The van der Waals surface area contributed by atoms with Gasteiger partial charge in [0.1, 0.15) is 24.0 Å². The Morgan fingerprint density at radius 3 is 1.58 bits per heavy atom. The van der Waals surface area contributed by atoms with Crippen molar-refractivity contribution in [3.05, 3.63) is 239 Å². The summed E-state index contributed by atoms with van der Waals surface area (Å²) in [5.41, 5.74) is 17.1. The molecule has 0 unspecified atom stereocenters. The molecule has 0 saturated carbocycles. The lowest BCUT2D eigenvalue weighted by molar-refractivity contribution is 0.480. The summed E-state index contributed by atoms with van der Waals surface area (Å²) in [6.45, 7) is 30.5. The van der Waals surface area contributed by atoms with Crippen LogP contribution in [0.25, 0.3) is 38.8 Å². The van der Waals surface area contributed by atoms with Crippen molar-refractivity contribution in [1.29, 1.82) is 0 Å². The standard InChI is InChI=1S/C72H74N4O/c1-68(2,3)52-29-33-63-62(42-52)61-32-31-59(46-65(61)76(63)67-44-53(35-36-73-67)69(4,5)6)77-60-41-56(72(12,13)51-27-21-16-22-28-51)40-58(45-60)74-47-75(57-38-49(48-23-17-14-18-24-48)37-55(39-57)70(7,8)9)66-43-54(30-34-64(66)74)71(10,11)50-25-19-15-20-26-50/h14-46H,47H2,1-13H3. The van der Waals surface area contributed by atoms with Gasteiger partial charge in [0.25, 0.3) is 0 Å². The number of ether oxygens (including phenoxy) is 1. The van der Waals surface area contributed by atoms with Crippen molar-refractivity contribution in [2.24, 2.45) is 0 Å². The smallest absolute Gasteiger partial charge is 0.137 e. The maximum absolute atomic E-state index is 7.26. The third-order valence-electron chi connectivity index (χ3n) is 16.4. The molecule has 0 spiro atoms. The van der Waals surface area contributed by atoms with E-state index in [2.05, 4.69) is 298 Å². The molecule has 3 heterocycles. The van der Waals surface area contributed by atoms with Gasteiger partial charge in [-0.25, -0.2) is 4.98 Å². The van der Waals surface area contributed by atoms with Crippen LogP contribution in [0.5, 0.6) is 11.5 Å². The van der Waals surface area contributed by atoms with Crippen molar-refractivity contribution in [2.45, 2.75) is 117 Å². The summed E-state index contributed by atoms with van der Waals surface area (Å²) in [7, 11) is 0. The van der Waals surface area contributed by atoms with Gasteiger partial charge >= 0.3 is 0 Å². The molecule has 10 aromatic rings. The normalized spacial score (nSPS) is 13.4. The van der Waals surface area contributed by atoms with Gasteiger partial charge in [-0.15, -0.1) is 0 Å². The van der Waals surface area contributed by atoms with Gasteiger partial charge in [0.2, 0.25) is 0 Å². The first-order chi connectivity index (χ1) is 36.5. The molecule has 0 aliphatic carbocycles. The summed E-state index contributed by atoms with van der Waals surface area (Å²) >= 11 is 0. The number of aromatic nitrogens is 2. The minimum atomic E-state index is -0.363. The highest BCUT2D eigenvalue weighted by molar-refractivity contribution is 6.10. The Labute approximate surface area is 457 Å². The minimum Gasteiger partial charge on any atom is -0.457 e. The van der Waals surface area contributed by atoms with Crippen LogP contribution in [0.15, 0.2) is 200 Å². The molecule has 0 N–H and O–H groups in total. The van der Waals surface area contributed by atoms with E-state index in [-0.39, 0.29) is 27.1 Å². The van der Waals surface area contributed by atoms with E-state index >= 15 is 0 Å². The van der Waals surface area contributed by atoms with Crippen molar-refractivity contribution in [3.8, 4) is 28.4 Å². The van der Waals surface area contributed by atoms with Crippen LogP contribution < -0.4 is 14.5 Å². The zero-order chi connectivity index (χ0) is 54.2. The summed E-state index contributed by atoms with van der Waals surface area (Å²) in [5, 5.41) is 2.36. The molecule has 0 radical (unpaired) electrons. The van der Waals surface area contributed by atoms with Gasteiger partial charge in [-0.1, -0.05) is 199 Å². The fraction of sp³-hybridized carbons (Fsp3) is 0.264. The molecule has 1 aliphatic heterocycles. The van der Waals surface area contributed by atoms with E-state index in [0.717, 1.165) is 56.4 Å². The van der Waals surface area contributed by atoms with Crippen LogP contribution in [-0.4, -0.2) is 16.2 Å². The lowest BCUT2D eigenvalue weighted by atomic mass is 9.77. The van der Waals surface area contributed by atoms with Gasteiger partial charge in [-0.05, 0) is 139 Å². The zero-order valence-corrected chi connectivity index (χ0v) is 47.5. The fourth-order valence-electron chi connectivity index (χ4n) is 11.2. The quantitative estimate of drug-likeness (QED) is 0.137. The van der Waals surface area contributed by atoms with Gasteiger partial charge in [-0.2, -0.15) is 0 Å². The second-order valence-corrected chi connectivity index (χ2v) is 25.5. The molecule has 2 aromatic heterocycles. The topological polar surface area (TPSA) is 33.5 Å². The largest absolute Gasteiger partial charge is 0.457 e. The van der Waals surface area contributed by atoms with Crippen molar-refractivity contribution >= 4 is 44.6 Å². The van der Waals surface area contributed by atoms with Crippen molar-refractivity contribution in [2.75, 3.05) is 16.5 Å². The first-order valence-electron chi connectivity index (χ1n) is 27.4. The molecule has 5 heteroatoms. The number of anilines is 4. The Morgan fingerprint density at radius 1 is 0.364 bits per heavy atom. The number of benzene rings is 8. The van der Waals surface area contributed by atoms with E-state index in [1.165, 1.54) is 55.6 Å². The van der Waals surface area contributed by atoms with Crippen LogP contribution in [0.2, 0.25) is 0 Å². The Balaban J connectivity index is 1.09. The van der Waals surface area contributed by atoms with Crippen LogP contribution in [0.3, 0.4) is 0 Å². The van der Waals surface area contributed by atoms with Gasteiger partial charge in [0.15, 0.2) is 0 Å². The zero-order valence-electron chi connectivity index (χ0n) is 47.5. The predicted molar refractivity (Wildman–Crippen MR) is 326 cm³/mol. The van der Waals surface area contributed by atoms with E-state index in [1.54, 1.807) is 0 Å². The van der Waals surface area contributed by atoms with E-state index in [0.29, 0.717) is 6.67 Å². The second kappa shape index (κ2) is 19.0. The highest BCUT2D eigenvalue weighted by Crippen LogP contribution is 2.50. The molecule has 0 fully saturated rings. The van der Waals surface area contributed by atoms with Crippen molar-refractivity contribution in [3.63, 3.8) is 0 Å². The first-order valence-corrected chi connectivity index (χ1v) is 27.4. The van der Waals surface area contributed by atoms with Gasteiger partial charge in [-0.3, -0.25) is 4.57 Å². The Bertz CT molecular complexity index is 3810. The van der Waals surface area contributed by atoms with Gasteiger partial charge in [0, 0.05) is 51.3 Å². The number of rotatable bonds is 10. The third kappa shape index (κ3) is 9.71. The number of pyridine rings is 1. The van der Waals surface area contributed by atoms with Crippen LogP contribution in [-0.2, 0) is 27.1 Å². The monoisotopic (exact) mass is 1010 g/mol. The van der Waals surface area contributed by atoms with Crippen LogP contribution in [0.1, 0.15) is 129 Å². The lowest BCUT2D eigenvalue weighted by Gasteiger charge is -2.29. The van der Waals surface area contributed by atoms with Crippen molar-refractivity contribution in [1.82, 2.24) is 9.55 Å². The first kappa shape index (κ1) is 51.2. The van der Waals surface area contributed by atoms with E-state index in [1.807, 2.05) is 6.20 Å². The molecule has 0 bridgehead atoms. The molecule has 5 nitrogen and oxygen atoms in total. The second-order valence-electron chi connectivity index (χ2n) is 25.5. The van der Waals surface area contributed by atoms with Gasteiger partial charge in [0.05, 0.1) is 22.4 Å². The summed E-state index contributed by atoms with van der Waals surface area (Å²) < 4.78 is 9.58. The Kier molecular flexibility index (Phi) is 12.6. The SMILES string of the molecule is CC(C)(C)c1cc(-c2ccccc2)cc(N2CN(c3cc(Oc4ccc5c6cc(C(C)(C)C)ccc6n(-c6cc(C(C)(C)C)ccn6)c5c4)cc(C(C)(C)c4ccccc4)c3)c3ccc(C(C)(C)c4ccccc4)cc32)c1. The van der Waals surface area contributed by atoms with Crippen molar-refractivity contribution < 1.29 is 4.74 Å². The molecular formula is C72H74N4O. The Hall–Kier alpha value is -7.89. The number of nitrogens with zero attached hydrogens (tertiary/aromatic N) is 4. The maximum atomic E-state index is 7.26. The minimum absolute atomic E-state index is 0.0121. The molecule has 388 valence electrons. The van der Waals surface area contributed by atoms with Crippen LogP contribution >= 0.6 is 0 Å². The van der Waals surface area contributed by atoms with E-state index < -0.39 is 0 Å². The molecule has 77 heavy (non-hydrogen) atoms. The van der Waals surface area contributed by atoms with E-state index in [9.17, 15) is 0 Å². The molecule has 11 rings (SSSR count). The molecule has 8 aromatic carbocycles. The summed E-state index contributed by atoms with van der Waals surface area (Å²) in [6.07, 6.45) is 1.95. The highest BCUT2D eigenvalue weighted by atomic mass is 16.5. The summed E-state index contributed by atoms with van der Waals surface area (Å²) in [5.74, 6) is 2.42. The summed E-state index contributed by atoms with van der Waals surface area (Å²) in [6, 6.07) is 71.6. The van der Waals surface area contributed by atoms with Gasteiger partial charge < -0.3 is 14.5 Å². The number of hydrogen-bond acceptors (Lipinski definition) is 4. The number of fused-ring (bicyclic) bond motifs is 4. The fourth-order valence-corrected chi connectivity index (χ4v) is 11.2. The molecule has 0 saturated heterocycles. The van der Waals surface area contributed by atoms with Crippen LogP contribution in [0.4, 0.5) is 22.7 Å². The Morgan fingerprint density at radius 2 is 0.935 bits per heavy atom. The summed E-state index contributed by atoms with van der Waals surface area (Å²) in [4.78, 5) is 10.0. The average molecular weight is 1010 g/mol. The third-order valence-corrected chi connectivity index (χ3v) is 16.4. The predicted octanol–water partition coefficient (Wildman–Crippen LogP) is 19.4. The molecule has 1 aliphatic rings. The molecule has 0 amide bonds. The lowest BCUT2D eigenvalue weighted by Crippen LogP contribution is -2.25. The number of hydrogen-bond donors (Lipinski definition) is 0. The molecule has 0 atom stereocenters. The molecular weight excluding hydrogens is 937 g/mol. The maximum Gasteiger partial charge on any atom is 0.137 e. The van der Waals surface area contributed by atoms with Crippen LogP contribution in [0, 0.1) is 0 Å².